The number of rotatable bonds is 6. The number of nitrogens with two attached hydrogens (primary N) is 1. The van der Waals surface area contributed by atoms with Crippen LogP contribution < -0.4 is 21.3 Å². The first-order valence-corrected chi connectivity index (χ1v) is 12.3. The van der Waals surface area contributed by atoms with E-state index in [-0.39, 0.29) is 23.8 Å². The largest absolute Gasteiger partial charge is 0.371 e. The van der Waals surface area contributed by atoms with Crippen LogP contribution in [0.15, 0.2) is 48.5 Å². The van der Waals surface area contributed by atoms with Crippen LogP contribution in [0.2, 0.25) is 0 Å². The average Bonchev–Trinajstić information content (AvgIpc) is 3.30. The van der Waals surface area contributed by atoms with Gasteiger partial charge in [0.25, 0.3) is 0 Å². The molecule has 2 aromatic heterocycles. The van der Waals surface area contributed by atoms with Crippen LogP contribution in [0.4, 0.5) is 17.6 Å². The molecular weight excluding hydrogens is 452 g/mol. The predicted molar refractivity (Wildman–Crippen MR) is 144 cm³/mol. The maximum Gasteiger partial charge on any atom is 0.225 e. The van der Waals surface area contributed by atoms with Gasteiger partial charge in [0.15, 0.2) is 5.82 Å². The SMILES string of the molecule is CNc1n[nH]c2cc(-c3cc(N4C[C@@H](C(=O)NCc5ccc(C)cc5)CC[C@H]4C)nc(N)n3)ccc12. The van der Waals surface area contributed by atoms with Crippen LogP contribution in [0, 0.1) is 12.8 Å². The monoisotopic (exact) mass is 484 g/mol. The van der Waals surface area contributed by atoms with Crippen molar-refractivity contribution in [2.45, 2.75) is 39.3 Å². The molecule has 186 valence electrons. The summed E-state index contributed by atoms with van der Waals surface area (Å²) in [5.41, 5.74) is 11.0. The summed E-state index contributed by atoms with van der Waals surface area (Å²) in [7, 11) is 1.84. The Bertz CT molecular complexity index is 1380. The molecule has 2 aromatic carbocycles. The van der Waals surface area contributed by atoms with Crippen molar-refractivity contribution in [3.63, 3.8) is 0 Å². The van der Waals surface area contributed by atoms with E-state index in [9.17, 15) is 4.79 Å². The topological polar surface area (TPSA) is 125 Å². The van der Waals surface area contributed by atoms with Gasteiger partial charge in [0.05, 0.1) is 17.1 Å². The number of hydrogen-bond acceptors (Lipinski definition) is 7. The minimum absolute atomic E-state index is 0.0692. The Morgan fingerprint density at radius 1 is 1.14 bits per heavy atom. The Kier molecular flexibility index (Phi) is 6.45. The zero-order valence-electron chi connectivity index (χ0n) is 20.9. The van der Waals surface area contributed by atoms with Gasteiger partial charge >= 0.3 is 0 Å². The lowest BCUT2D eigenvalue weighted by atomic mass is 9.92. The van der Waals surface area contributed by atoms with Crippen molar-refractivity contribution in [3.8, 4) is 11.3 Å². The number of benzene rings is 2. The molecule has 0 aliphatic carbocycles. The van der Waals surface area contributed by atoms with E-state index in [0.717, 1.165) is 52.2 Å². The molecule has 0 unspecified atom stereocenters. The molecule has 1 saturated heterocycles. The van der Waals surface area contributed by atoms with E-state index in [4.69, 9.17) is 5.73 Å². The molecule has 3 heterocycles. The lowest BCUT2D eigenvalue weighted by Crippen LogP contribution is -2.47. The second kappa shape index (κ2) is 9.85. The number of aromatic amines is 1. The lowest BCUT2D eigenvalue weighted by molar-refractivity contribution is -0.125. The van der Waals surface area contributed by atoms with E-state index in [2.05, 4.69) is 73.8 Å². The molecule has 9 heteroatoms. The summed E-state index contributed by atoms with van der Waals surface area (Å²) < 4.78 is 0. The van der Waals surface area contributed by atoms with Gasteiger partial charge in [-0.25, -0.2) is 4.98 Å². The summed E-state index contributed by atoms with van der Waals surface area (Å²) in [5, 5.41) is 14.5. The highest BCUT2D eigenvalue weighted by molar-refractivity contribution is 5.92. The summed E-state index contributed by atoms with van der Waals surface area (Å²) in [4.78, 5) is 24.2. The number of aromatic nitrogens is 4. The number of fused-ring (bicyclic) bond motifs is 1. The van der Waals surface area contributed by atoms with Crippen LogP contribution >= 0.6 is 0 Å². The number of aryl methyl sites for hydroxylation is 1. The molecule has 1 fully saturated rings. The maximum absolute atomic E-state index is 13.0. The van der Waals surface area contributed by atoms with Gasteiger partial charge in [-0.05, 0) is 44.4 Å². The fraction of sp³-hybridized carbons (Fsp3) is 0.333. The van der Waals surface area contributed by atoms with Crippen LogP contribution in [-0.4, -0.2) is 45.7 Å². The zero-order valence-corrected chi connectivity index (χ0v) is 20.9. The summed E-state index contributed by atoms with van der Waals surface area (Å²) in [5.74, 6) is 1.70. The number of nitrogen functional groups attached to an aromatic ring is 1. The molecule has 0 radical (unpaired) electrons. The first-order chi connectivity index (χ1) is 17.4. The normalized spacial score (nSPS) is 17.8. The molecule has 36 heavy (non-hydrogen) atoms. The van der Waals surface area contributed by atoms with E-state index in [0.29, 0.717) is 13.1 Å². The first kappa shape index (κ1) is 23.6. The van der Waals surface area contributed by atoms with Crippen molar-refractivity contribution in [1.29, 1.82) is 0 Å². The Morgan fingerprint density at radius 3 is 2.72 bits per heavy atom. The smallest absolute Gasteiger partial charge is 0.225 e. The Morgan fingerprint density at radius 2 is 1.94 bits per heavy atom. The molecular formula is C27H32N8O. The van der Waals surface area contributed by atoms with Crippen LogP contribution in [-0.2, 0) is 11.3 Å². The van der Waals surface area contributed by atoms with Gasteiger partial charge in [-0.1, -0.05) is 35.9 Å². The van der Waals surface area contributed by atoms with E-state index in [1.54, 1.807) is 0 Å². The molecule has 0 spiro atoms. The number of nitrogens with zero attached hydrogens (tertiary/aromatic N) is 4. The third kappa shape index (κ3) is 4.82. The van der Waals surface area contributed by atoms with E-state index in [1.165, 1.54) is 5.56 Å². The molecule has 4 aromatic rings. The number of carbonyl (C=O) groups is 1. The first-order valence-electron chi connectivity index (χ1n) is 12.3. The van der Waals surface area contributed by atoms with Crippen LogP contribution in [0.3, 0.4) is 0 Å². The van der Waals surface area contributed by atoms with Crippen LogP contribution in [0.25, 0.3) is 22.2 Å². The Balaban J connectivity index is 1.34. The van der Waals surface area contributed by atoms with Crippen molar-refractivity contribution >= 4 is 34.4 Å². The van der Waals surface area contributed by atoms with Gasteiger partial charge in [-0.2, -0.15) is 10.1 Å². The Labute approximate surface area is 210 Å². The molecule has 5 rings (SSSR count). The highest BCUT2D eigenvalue weighted by Gasteiger charge is 2.31. The lowest BCUT2D eigenvalue weighted by Gasteiger charge is -2.38. The number of nitrogens with one attached hydrogen (secondary N) is 3. The molecule has 0 saturated carbocycles. The quantitative estimate of drug-likeness (QED) is 0.327. The number of amides is 1. The van der Waals surface area contributed by atoms with Gasteiger partial charge in [0.1, 0.15) is 5.82 Å². The van der Waals surface area contributed by atoms with Gasteiger partial charge in [0, 0.05) is 43.2 Å². The van der Waals surface area contributed by atoms with Gasteiger partial charge < -0.3 is 21.3 Å². The maximum atomic E-state index is 13.0. The van der Waals surface area contributed by atoms with Crippen LogP contribution in [0.5, 0.6) is 0 Å². The summed E-state index contributed by atoms with van der Waals surface area (Å²) >= 11 is 0. The number of piperidine rings is 1. The predicted octanol–water partition coefficient (Wildman–Crippen LogP) is 3.87. The number of H-pyrrole nitrogens is 1. The summed E-state index contributed by atoms with van der Waals surface area (Å²) in [6.45, 7) is 5.33. The van der Waals surface area contributed by atoms with Crippen molar-refractivity contribution in [2.75, 3.05) is 29.5 Å². The third-order valence-electron chi connectivity index (χ3n) is 6.96. The number of anilines is 3. The highest BCUT2D eigenvalue weighted by atomic mass is 16.1. The van der Waals surface area contributed by atoms with Gasteiger partial charge in [0.2, 0.25) is 11.9 Å². The van der Waals surface area contributed by atoms with E-state index >= 15 is 0 Å². The highest BCUT2D eigenvalue weighted by Crippen LogP contribution is 2.31. The second-order valence-electron chi connectivity index (χ2n) is 9.53. The standard InChI is InChI=1S/C27H32N8O/c1-16-4-7-18(8-5-16)14-30-26(36)20-9-6-17(2)35(15-20)24-13-22(31-27(28)32-24)19-10-11-21-23(12-19)33-34-25(21)29-3/h4-5,7-8,10-13,17,20H,6,9,14-15H2,1-3H3,(H,30,36)(H2,28,31,32)(H2,29,33,34)/t17-,20+/m1/s1. The third-order valence-corrected chi connectivity index (χ3v) is 6.96. The van der Waals surface area contributed by atoms with Crippen LogP contribution in [0.1, 0.15) is 30.9 Å². The fourth-order valence-electron chi connectivity index (χ4n) is 4.80. The van der Waals surface area contributed by atoms with E-state index < -0.39 is 0 Å². The second-order valence-corrected chi connectivity index (χ2v) is 9.53. The molecule has 9 nitrogen and oxygen atoms in total. The molecule has 2 atom stereocenters. The average molecular weight is 485 g/mol. The Hall–Kier alpha value is -4.14. The van der Waals surface area contributed by atoms with Crippen molar-refractivity contribution in [3.05, 3.63) is 59.7 Å². The van der Waals surface area contributed by atoms with Crippen molar-refractivity contribution in [1.82, 2.24) is 25.5 Å². The minimum Gasteiger partial charge on any atom is -0.371 e. The molecule has 5 N–H and O–H groups in total. The molecule has 1 amide bonds. The zero-order chi connectivity index (χ0) is 25.2. The number of hydrogen-bond donors (Lipinski definition) is 4. The summed E-state index contributed by atoms with van der Waals surface area (Å²) in [6, 6.07) is 16.4. The van der Waals surface area contributed by atoms with Gasteiger partial charge in [-0.15, -0.1) is 0 Å². The molecule has 0 bridgehead atoms. The molecule has 1 aliphatic rings. The van der Waals surface area contributed by atoms with Crippen molar-refractivity contribution < 1.29 is 4.79 Å². The number of carbonyl (C=O) groups excluding carboxylic acids is 1. The molecule has 1 aliphatic heterocycles. The van der Waals surface area contributed by atoms with E-state index in [1.807, 2.05) is 31.3 Å². The van der Waals surface area contributed by atoms with Crippen molar-refractivity contribution in [2.24, 2.45) is 5.92 Å². The minimum atomic E-state index is -0.118. The summed E-state index contributed by atoms with van der Waals surface area (Å²) in [6.07, 6.45) is 1.74. The fourth-order valence-corrected chi connectivity index (χ4v) is 4.80. The van der Waals surface area contributed by atoms with Gasteiger partial charge in [-0.3, -0.25) is 9.89 Å².